The van der Waals surface area contributed by atoms with Crippen molar-refractivity contribution < 1.29 is 4.42 Å². The number of rotatable bonds is 3. The number of fused-ring (bicyclic) bond motifs is 1. The Morgan fingerprint density at radius 1 is 1.32 bits per heavy atom. The van der Waals surface area contributed by atoms with Gasteiger partial charge < -0.3 is 4.42 Å². The second-order valence-corrected chi connectivity index (χ2v) is 7.09. The molecule has 1 saturated heterocycles. The average molecular weight is 358 g/mol. The number of oxazole rings is 1. The molecule has 2 aromatic heterocycles. The van der Waals surface area contributed by atoms with Crippen LogP contribution in [0.1, 0.15) is 30.3 Å². The SMILES string of the molecule is Cc1cccc(CN2CCC[C@@H](n3c(=O)oc4ccc(Cl)cc43)C2)n1. The molecule has 0 radical (unpaired) electrons. The van der Waals surface area contributed by atoms with Gasteiger partial charge in [0.2, 0.25) is 0 Å². The number of hydrogen-bond donors (Lipinski definition) is 0. The maximum absolute atomic E-state index is 12.4. The fourth-order valence-electron chi connectivity index (χ4n) is 3.65. The van der Waals surface area contributed by atoms with E-state index in [9.17, 15) is 4.79 Å². The number of nitrogens with zero attached hydrogens (tertiary/aromatic N) is 3. The van der Waals surface area contributed by atoms with Gasteiger partial charge in [0.05, 0.1) is 17.3 Å². The summed E-state index contributed by atoms with van der Waals surface area (Å²) in [5.41, 5.74) is 3.45. The third kappa shape index (κ3) is 3.34. The van der Waals surface area contributed by atoms with E-state index in [4.69, 9.17) is 16.0 Å². The second kappa shape index (κ2) is 6.65. The van der Waals surface area contributed by atoms with Gasteiger partial charge in [-0.15, -0.1) is 0 Å². The monoisotopic (exact) mass is 357 g/mol. The smallest absolute Gasteiger partial charge is 0.408 e. The van der Waals surface area contributed by atoms with Crippen LogP contribution in [0, 0.1) is 6.92 Å². The van der Waals surface area contributed by atoms with Crippen LogP contribution < -0.4 is 5.76 Å². The lowest BCUT2D eigenvalue weighted by Crippen LogP contribution is -2.38. The van der Waals surface area contributed by atoms with Gasteiger partial charge in [0.1, 0.15) is 0 Å². The predicted octanol–water partition coefficient (Wildman–Crippen LogP) is 3.79. The Bertz CT molecular complexity index is 963. The lowest BCUT2D eigenvalue weighted by molar-refractivity contribution is 0.166. The first-order valence-corrected chi connectivity index (χ1v) is 8.93. The summed E-state index contributed by atoms with van der Waals surface area (Å²) in [5, 5.41) is 0.610. The van der Waals surface area contributed by atoms with Crippen LogP contribution in [0.15, 0.2) is 45.6 Å². The van der Waals surface area contributed by atoms with Crippen LogP contribution in [-0.4, -0.2) is 27.5 Å². The van der Waals surface area contributed by atoms with Crippen molar-refractivity contribution in [1.82, 2.24) is 14.5 Å². The van der Waals surface area contributed by atoms with Crippen molar-refractivity contribution in [3.8, 4) is 0 Å². The molecule has 0 amide bonds. The standard InChI is InChI=1S/C19H20ClN3O2/c1-13-4-2-5-15(21-13)11-22-9-3-6-16(12-22)23-17-10-14(20)7-8-18(17)25-19(23)24/h2,4-5,7-8,10,16H,3,6,9,11-12H2,1H3/t16-/m1/s1. The summed E-state index contributed by atoms with van der Waals surface area (Å²) in [6, 6.07) is 11.5. The normalized spacial score (nSPS) is 18.7. The van der Waals surface area contributed by atoms with Gasteiger partial charge in [0.25, 0.3) is 0 Å². The molecule has 3 heterocycles. The molecule has 0 bridgehead atoms. The van der Waals surface area contributed by atoms with Crippen molar-refractivity contribution in [2.45, 2.75) is 32.4 Å². The Balaban J connectivity index is 1.60. The molecule has 6 heteroatoms. The number of pyridine rings is 1. The molecule has 0 aliphatic carbocycles. The van der Waals surface area contributed by atoms with E-state index in [2.05, 4.69) is 16.0 Å². The highest BCUT2D eigenvalue weighted by Crippen LogP contribution is 2.27. The van der Waals surface area contributed by atoms with E-state index in [0.29, 0.717) is 10.6 Å². The first-order chi connectivity index (χ1) is 12.1. The molecule has 130 valence electrons. The predicted molar refractivity (Wildman–Crippen MR) is 98.0 cm³/mol. The van der Waals surface area contributed by atoms with Gasteiger partial charge in [0.15, 0.2) is 5.58 Å². The number of piperidine rings is 1. The molecule has 1 atom stereocenters. The quantitative estimate of drug-likeness (QED) is 0.715. The molecule has 0 saturated carbocycles. The Labute approximate surface area is 150 Å². The second-order valence-electron chi connectivity index (χ2n) is 6.65. The molecule has 1 fully saturated rings. The highest BCUT2D eigenvalue weighted by molar-refractivity contribution is 6.31. The van der Waals surface area contributed by atoms with E-state index in [-0.39, 0.29) is 11.8 Å². The summed E-state index contributed by atoms with van der Waals surface area (Å²) in [7, 11) is 0. The Morgan fingerprint density at radius 2 is 2.20 bits per heavy atom. The minimum Gasteiger partial charge on any atom is -0.408 e. The van der Waals surface area contributed by atoms with Crippen LogP contribution in [0.3, 0.4) is 0 Å². The topological polar surface area (TPSA) is 51.3 Å². The van der Waals surface area contributed by atoms with Crippen molar-refractivity contribution >= 4 is 22.7 Å². The van der Waals surface area contributed by atoms with Crippen molar-refractivity contribution in [2.75, 3.05) is 13.1 Å². The van der Waals surface area contributed by atoms with Crippen LogP contribution in [0.4, 0.5) is 0 Å². The van der Waals surface area contributed by atoms with Crippen molar-refractivity contribution in [1.29, 1.82) is 0 Å². The highest BCUT2D eigenvalue weighted by atomic mass is 35.5. The number of likely N-dealkylation sites (tertiary alicyclic amines) is 1. The van der Waals surface area contributed by atoms with E-state index in [0.717, 1.165) is 49.4 Å². The summed E-state index contributed by atoms with van der Waals surface area (Å²) in [6.45, 7) is 4.61. The summed E-state index contributed by atoms with van der Waals surface area (Å²) in [6.07, 6.45) is 2.00. The highest BCUT2D eigenvalue weighted by Gasteiger charge is 2.25. The third-order valence-electron chi connectivity index (χ3n) is 4.75. The summed E-state index contributed by atoms with van der Waals surface area (Å²) >= 11 is 6.11. The maximum Gasteiger partial charge on any atom is 0.420 e. The molecule has 0 N–H and O–H groups in total. The van der Waals surface area contributed by atoms with Gasteiger partial charge in [-0.25, -0.2) is 4.79 Å². The van der Waals surface area contributed by atoms with E-state index < -0.39 is 0 Å². The van der Waals surface area contributed by atoms with Crippen LogP contribution in [-0.2, 0) is 6.54 Å². The van der Waals surface area contributed by atoms with Gasteiger partial charge in [0, 0.05) is 23.8 Å². The molecule has 3 aromatic rings. The van der Waals surface area contributed by atoms with Gasteiger partial charge in [-0.3, -0.25) is 14.5 Å². The maximum atomic E-state index is 12.4. The molecular weight excluding hydrogens is 338 g/mol. The number of hydrogen-bond acceptors (Lipinski definition) is 4. The van der Waals surface area contributed by atoms with Gasteiger partial charge >= 0.3 is 5.76 Å². The molecule has 4 rings (SSSR count). The van der Waals surface area contributed by atoms with E-state index in [1.54, 1.807) is 16.7 Å². The average Bonchev–Trinajstić information content (AvgIpc) is 2.90. The largest absolute Gasteiger partial charge is 0.420 e. The molecule has 5 nitrogen and oxygen atoms in total. The number of aromatic nitrogens is 2. The van der Waals surface area contributed by atoms with Crippen LogP contribution >= 0.6 is 11.6 Å². The summed E-state index contributed by atoms with van der Waals surface area (Å²) < 4.78 is 7.16. The zero-order valence-corrected chi connectivity index (χ0v) is 14.9. The number of halogens is 1. The minimum absolute atomic E-state index is 0.0887. The van der Waals surface area contributed by atoms with Crippen molar-refractivity contribution in [2.24, 2.45) is 0 Å². The molecule has 1 aliphatic rings. The third-order valence-corrected chi connectivity index (χ3v) is 4.99. The molecule has 1 aliphatic heterocycles. The fraction of sp³-hybridized carbons (Fsp3) is 0.368. The fourth-order valence-corrected chi connectivity index (χ4v) is 3.82. The number of benzene rings is 1. The van der Waals surface area contributed by atoms with E-state index in [1.807, 2.05) is 25.1 Å². The molecule has 0 spiro atoms. The summed E-state index contributed by atoms with van der Waals surface area (Å²) in [4.78, 5) is 19.3. The Kier molecular flexibility index (Phi) is 4.36. The zero-order chi connectivity index (χ0) is 17.4. The van der Waals surface area contributed by atoms with Crippen LogP contribution in [0.2, 0.25) is 5.02 Å². The van der Waals surface area contributed by atoms with Crippen molar-refractivity contribution in [3.63, 3.8) is 0 Å². The molecule has 0 unspecified atom stereocenters. The van der Waals surface area contributed by atoms with Gasteiger partial charge in [-0.2, -0.15) is 0 Å². The zero-order valence-electron chi connectivity index (χ0n) is 14.1. The summed E-state index contributed by atoms with van der Waals surface area (Å²) in [5.74, 6) is -0.308. The lowest BCUT2D eigenvalue weighted by Gasteiger charge is -2.32. The van der Waals surface area contributed by atoms with Gasteiger partial charge in [-0.1, -0.05) is 17.7 Å². The van der Waals surface area contributed by atoms with Crippen LogP contribution in [0.5, 0.6) is 0 Å². The molecular formula is C19H20ClN3O2. The minimum atomic E-state index is -0.308. The first kappa shape index (κ1) is 16.4. The molecule has 25 heavy (non-hydrogen) atoms. The Hall–Kier alpha value is -2.11. The van der Waals surface area contributed by atoms with Gasteiger partial charge in [-0.05, 0) is 56.6 Å². The van der Waals surface area contributed by atoms with E-state index >= 15 is 0 Å². The Morgan fingerprint density at radius 3 is 3.04 bits per heavy atom. The van der Waals surface area contributed by atoms with Crippen molar-refractivity contribution in [3.05, 3.63) is 63.4 Å². The first-order valence-electron chi connectivity index (χ1n) is 8.55. The molecule has 1 aromatic carbocycles. The van der Waals surface area contributed by atoms with Crippen LogP contribution in [0.25, 0.3) is 11.1 Å². The number of aryl methyl sites for hydroxylation is 1. The van der Waals surface area contributed by atoms with E-state index in [1.165, 1.54) is 0 Å². The lowest BCUT2D eigenvalue weighted by atomic mass is 10.0.